The van der Waals surface area contributed by atoms with Gasteiger partial charge in [0, 0.05) is 15.9 Å². The number of nitrogens with zero attached hydrogens (tertiary/aromatic N) is 1. The fraction of sp³-hybridized carbons (Fsp3) is 0.111. The third-order valence-corrected chi connectivity index (χ3v) is 2.14. The summed E-state index contributed by atoms with van der Waals surface area (Å²) >= 11 is 3.10. The zero-order valence-electron chi connectivity index (χ0n) is 7.28. The van der Waals surface area contributed by atoms with Gasteiger partial charge in [0.05, 0.1) is 12.7 Å². The molecule has 1 heterocycles. The second kappa shape index (κ2) is 3.42. The van der Waals surface area contributed by atoms with Crippen LogP contribution in [0.2, 0.25) is 0 Å². The first kappa shape index (κ1) is 9.21. The number of methoxy groups -OCH3 is 1. The van der Waals surface area contributed by atoms with Crippen molar-refractivity contribution in [3.63, 3.8) is 0 Å². The number of hydrogen-bond donors (Lipinski definition) is 0. The van der Waals surface area contributed by atoms with Crippen LogP contribution < -0.4 is 0 Å². The Labute approximate surface area is 88.0 Å². The minimum Gasteiger partial charge on any atom is -0.465 e. The second-order valence-electron chi connectivity index (χ2n) is 2.61. The van der Waals surface area contributed by atoms with Crippen LogP contribution in [0.4, 0.5) is 0 Å². The van der Waals surface area contributed by atoms with Crippen molar-refractivity contribution >= 4 is 33.0 Å². The normalized spacial score (nSPS) is 10.4. The van der Waals surface area contributed by atoms with Crippen LogP contribution in [-0.4, -0.2) is 18.1 Å². The SMILES string of the molecule is COC(=O)c1cccc2oc(Br)nc12. The lowest BCUT2D eigenvalue weighted by Gasteiger charge is -1.97. The summed E-state index contributed by atoms with van der Waals surface area (Å²) < 4.78 is 9.82. The van der Waals surface area contributed by atoms with Gasteiger partial charge in [-0.3, -0.25) is 0 Å². The van der Waals surface area contributed by atoms with Crippen molar-refractivity contribution in [3.8, 4) is 0 Å². The van der Waals surface area contributed by atoms with Gasteiger partial charge in [-0.05, 0) is 12.1 Å². The van der Waals surface area contributed by atoms with E-state index in [9.17, 15) is 4.79 Å². The Morgan fingerprint density at radius 1 is 1.57 bits per heavy atom. The maximum absolute atomic E-state index is 11.3. The summed E-state index contributed by atoms with van der Waals surface area (Å²) in [7, 11) is 1.33. The van der Waals surface area contributed by atoms with Crippen molar-refractivity contribution < 1.29 is 13.9 Å². The van der Waals surface area contributed by atoms with E-state index in [4.69, 9.17) is 4.42 Å². The van der Waals surface area contributed by atoms with Gasteiger partial charge in [0.15, 0.2) is 5.58 Å². The fourth-order valence-corrected chi connectivity index (χ4v) is 1.55. The lowest BCUT2D eigenvalue weighted by Crippen LogP contribution is -2.01. The van der Waals surface area contributed by atoms with Gasteiger partial charge >= 0.3 is 5.97 Å². The molecule has 14 heavy (non-hydrogen) atoms. The molecular formula is C9H6BrNO3. The molecular weight excluding hydrogens is 250 g/mol. The molecule has 1 aromatic carbocycles. The molecule has 0 atom stereocenters. The Morgan fingerprint density at radius 2 is 2.36 bits per heavy atom. The van der Waals surface area contributed by atoms with Gasteiger partial charge in [0.1, 0.15) is 5.52 Å². The molecule has 4 nitrogen and oxygen atoms in total. The Balaban J connectivity index is 2.70. The number of carbonyl (C=O) groups excluding carboxylic acids is 1. The molecule has 2 aromatic rings. The highest BCUT2D eigenvalue weighted by molar-refractivity contribution is 9.10. The average Bonchev–Trinajstić information content (AvgIpc) is 2.56. The van der Waals surface area contributed by atoms with Crippen molar-refractivity contribution in [1.82, 2.24) is 4.98 Å². The first-order chi connectivity index (χ1) is 6.72. The van der Waals surface area contributed by atoms with E-state index >= 15 is 0 Å². The molecule has 0 spiro atoms. The van der Waals surface area contributed by atoms with Gasteiger partial charge < -0.3 is 9.15 Å². The number of rotatable bonds is 1. The molecule has 0 fully saturated rings. The lowest BCUT2D eigenvalue weighted by atomic mass is 10.2. The largest absolute Gasteiger partial charge is 0.465 e. The number of ether oxygens (including phenoxy) is 1. The van der Waals surface area contributed by atoms with E-state index in [-0.39, 0.29) is 0 Å². The Bertz CT molecular complexity index is 492. The van der Waals surface area contributed by atoms with E-state index in [1.165, 1.54) is 7.11 Å². The number of fused-ring (bicyclic) bond motifs is 1. The van der Waals surface area contributed by atoms with Crippen molar-refractivity contribution in [2.75, 3.05) is 7.11 Å². The smallest absolute Gasteiger partial charge is 0.340 e. The van der Waals surface area contributed by atoms with E-state index in [0.29, 0.717) is 21.5 Å². The number of aromatic nitrogens is 1. The van der Waals surface area contributed by atoms with Crippen LogP contribution in [-0.2, 0) is 4.74 Å². The topological polar surface area (TPSA) is 52.3 Å². The Hall–Kier alpha value is -1.36. The Morgan fingerprint density at radius 3 is 3.07 bits per heavy atom. The standard InChI is InChI=1S/C9H6BrNO3/c1-13-8(12)5-3-2-4-6-7(5)11-9(10)14-6/h2-4H,1H3. The summed E-state index contributed by atoms with van der Waals surface area (Å²) in [6, 6.07) is 5.09. The van der Waals surface area contributed by atoms with Gasteiger partial charge in [-0.2, -0.15) is 0 Å². The monoisotopic (exact) mass is 255 g/mol. The number of benzene rings is 1. The van der Waals surface area contributed by atoms with Crippen LogP contribution >= 0.6 is 15.9 Å². The van der Waals surface area contributed by atoms with Crippen LogP contribution in [0.5, 0.6) is 0 Å². The second-order valence-corrected chi connectivity index (χ2v) is 3.29. The van der Waals surface area contributed by atoms with Gasteiger partial charge in [0.25, 0.3) is 4.80 Å². The van der Waals surface area contributed by atoms with Crippen molar-refractivity contribution in [2.45, 2.75) is 0 Å². The van der Waals surface area contributed by atoms with Crippen LogP contribution in [0.25, 0.3) is 11.1 Å². The van der Waals surface area contributed by atoms with Crippen molar-refractivity contribution in [1.29, 1.82) is 0 Å². The van der Waals surface area contributed by atoms with E-state index in [1.54, 1.807) is 18.2 Å². The molecule has 0 amide bonds. The zero-order chi connectivity index (χ0) is 10.1. The maximum atomic E-state index is 11.3. The van der Waals surface area contributed by atoms with Crippen molar-refractivity contribution in [2.24, 2.45) is 0 Å². The fourth-order valence-electron chi connectivity index (χ4n) is 1.20. The summed E-state index contributed by atoms with van der Waals surface area (Å²) in [5, 5.41) is 0. The third kappa shape index (κ3) is 1.39. The molecule has 0 aliphatic carbocycles. The highest BCUT2D eigenvalue weighted by Gasteiger charge is 2.14. The van der Waals surface area contributed by atoms with E-state index < -0.39 is 5.97 Å². The Kier molecular flexibility index (Phi) is 2.25. The number of para-hydroxylation sites is 1. The highest BCUT2D eigenvalue weighted by atomic mass is 79.9. The molecule has 0 saturated carbocycles. The molecule has 0 saturated heterocycles. The molecule has 2 rings (SSSR count). The third-order valence-electron chi connectivity index (χ3n) is 1.80. The first-order valence-corrected chi connectivity index (χ1v) is 4.65. The number of hydrogen-bond acceptors (Lipinski definition) is 4. The predicted molar refractivity (Wildman–Crippen MR) is 53.0 cm³/mol. The summed E-state index contributed by atoms with van der Waals surface area (Å²) in [4.78, 5) is 15.7. The summed E-state index contributed by atoms with van der Waals surface area (Å²) in [5.74, 6) is -0.420. The van der Waals surface area contributed by atoms with E-state index in [2.05, 4.69) is 25.7 Å². The number of halogens is 1. The predicted octanol–water partition coefficient (Wildman–Crippen LogP) is 2.38. The van der Waals surface area contributed by atoms with Gasteiger partial charge in [0.2, 0.25) is 0 Å². The molecule has 0 unspecified atom stereocenters. The molecule has 0 N–H and O–H groups in total. The quantitative estimate of drug-likeness (QED) is 0.735. The minimum atomic E-state index is -0.420. The molecule has 0 aliphatic heterocycles. The van der Waals surface area contributed by atoms with Crippen LogP contribution in [0.15, 0.2) is 27.4 Å². The van der Waals surface area contributed by atoms with Gasteiger partial charge in [-0.25, -0.2) is 9.78 Å². The van der Waals surface area contributed by atoms with Crippen molar-refractivity contribution in [3.05, 3.63) is 28.6 Å². The molecule has 0 aliphatic rings. The number of esters is 1. The number of carbonyl (C=O) groups is 1. The summed E-state index contributed by atoms with van der Waals surface area (Å²) in [6.45, 7) is 0. The number of oxazole rings is 1. The first-order valence-electron chi connectivity index (χ1n) is 3.85. The zero-order valence-corrected chi connectivity index (χ0v) is 8.87. The van der Waals surface area contributed by atoms with E-state index in [1.807, 2.05) is 0 Å². The molecule has 1 aromatic heterocycles. The van der Waals surface area contributed by atoms with Gasteiger partial charge in [-0.15, -0.1) is 0 Å². The maximum Gasteiger partial charge on any atom is 0.340 e. The summed E-state index contributed by atoms with van der Waals surface area (Å²) in [5.41, 5.74) is 1.46. The highest BCUT2D eigenvalue weighted by Crippen LogP contribution is 2.22. The molecule has 0 radical (unpaired) electrons. The van der Waals surface area contributed by atoms with E-state index in [0.717, 1.165) is 0 Å². The lowest BCUT2D eigenvalue weighted by molar-refractivity contribution is 0.0603. The molecule has 72 valence electrons. The van der Waals surface area contributed by atoms with Gasteiger partial charge in [-0.1, -0.05) is 6.07 Å². The van der Waals surface area contributed by atoms with Crippen LogP contribution in [0.1, 0.15) is 10.4 Å². The molecule has 5 heteroatoms. The van der Waals surface area contributed by atoms with Crippen LogP contribution in [0, 0.1) is 0 Å². The van der Waals surface area contributed by atoms with Crippen LogP contribution in [0.3, 0.4) is 0 Å². The summed E-state index contributed by atoms with van der Waals surface area (Å²) in [6.07, 6.45) is 0. The average molecular weight is 256 g/mol. The molecule has 0 bridgehead atoms. The minimum absolute atomic E-state index is 0.351.